The van der Waals surface area contributed by atoms with E-state index in [1.165, 1.54) is 23.0 Å². The molecule has 0 spiro atoms. The molecule has 42 heavy (non-hydrogen) atoms. The smallest absolute Gasteiger partial charge is 0.353 e. The summed E-state index contributed by atoms with van der Waals surface area (Å²) in [7, 11) is 7.79. The number of halogens is 1. The zero-order valence-corrected chi connectivity index (χ0v) is 24.2. The predicted octanol–water partition coefficient (Wildman–Crippen LogP) is 4.00. The van der Waals surface area contributed by atoms with Crippen LogP contribution < -0.4 is 0 Å². The van der Waals surface area contributed by atoms with Gasteiger partial charge in [0.15, 0.2) is 5.78 Å². The number of allylic oxidation sites excluding steroid dienone is 4. The van der Waals surface area contributed by atoms with Crippen molar-refractivity contribution in [3.63, 3.8) is 0 Å². The van der Waals surface area contributed by atoms with Gasteiger partial charge in [-0.1, -0.05) is 18.2 Å². The van der Waals surface area contributed by atoms with Crippen molar-refractivity contribution in [3.05, 3.63) is 65.3 Å². The lowest BCUT2D eigenvalue weighted by Gasteiger charge is -2.26. The van der Waals surface area contributed by atoms with Crippen molar-refractivity contribution in [3.8, 4) is 0 Å². The van der Waals surface area contributed by atoms with Crippen LogP contribution in [0.3, 0.4) is 0 Å². The number of likely N-dealkylation sites (N-methyl/N-ethyl adjacent to an activating group) is 2. The maximum absolute atomic E-state index is 15.4. The summed E-state index contributed by atoms with van der Waals surface area (Å²) >= 11 is 0. The molecule has 10 nitrogen and oxygen atoms in total. The first-order chi connectivity index (χ1) is 20.2. The summed E-state index contributed by atoms with van der Waals surface area (Å²) in [6.07, 6.45) is 7.85. The van der Waals surface area contributed by atoms with Gasteiger partial charge in [-0.3, -0.25) is 4.79 Å². The molecule has 5 rings (SSSR count). The van der Waals surface area contributed by atoms with Crippen molar-refractivity contribution in [2.75, 3.05) is 61.0 Å². The number of carbonyl (C=O) groups is 2. The van der Waals surface area contributed by atoms with Crippen LogP contribution in [-0.4, -0.2) is 104 Å². The Morgan fingerprint density at radius 2 is 1.98 bits per heavy atom. The monoisotopic (exact) mass is 578 g/mol. The van der Waals surface area contributed by atoms with Crippen LogP contribution in [0.1, 0.15) is 22.5 Å². The molecule has 3 heterocycles. The first kappa shape index (κ1) is 29.4. The van der Waals surface area contributed by atoms with Gasteiger partial charge < -0.3 is 33.4 Å². The van der Waals surface area contributed by atoms with Gasteiger partial charge >= 0.3 is 5.97 Å². The first-order valence-corrected chi connectivity index (χ1v) is 13.8. The van der Waals surface area contributed by atoms with Gasteiger partial charge in [-0.05, 0) is 45.9 Å². The zero-order chi connectivity index (χ0) is 30.0. The van der Waals surface area contributed by atoms with E-state index in [9.17, 15) is 14.7 Å². The molecule has 0 saturated carbocycles. The summed E-state index contributed by atoms with van der Waals surface area (Å²) < 4.78 is 34.7. The normalized spacial score (nSPS) is 17.4. The molecule has 1 N–H and O–H groups in total. The molecule has 1 atom stereocenters. The fourth-order valence-electron chi connectivity index (χ4n) is 5.19. The predicted molar refractivity (Wildman–Crippen MR) is 159 cm³/mol. The number of ether oxygens (including phenoxy) is 2. The number of aromatic nitrogens is 1. The Morgan fingerprint density at radius 3 is 2.69 bits per heavy atom. The number of ketones is 1. The minimum atomic E-state index is -1.25. The highest BCUT2D eigenvalue weighted by Gasteiger charge is 2.32. The number of hydrogen-bond donors (Lipinski definition) is 1. The average Bonchev–Trinajstić information content (AvgIpc) is 3.54. The third kappa shape index (κ3) is 5.94. The number of carboxylic acids is 1. The molecule has 0 radical (unpaired) electrons. The molecule has 11 heteroatoms. The van der Waals surface area contributed by atoms with E-state index in [2.05, 4.69) is 4.99 Å². The molecule has 2 aliphatic rings. The Kier molecular flexibility index (Phi) is 8.72. The van der Waals surface area contributed by atoms with Crippen LogP contribution in [0.2, 0.25) is 0 Å². The Hall–Kier alpha value is -4.06. The minimum absolute atomic E-state index is 0.0454. The molecule has 0 fully saturated rings. The number of nitrogens with zero attached hydrogens (tertiary/aromatic N) is 4. The van der Waals surface area contributed by atoms with E-state index in [1.54, 1.807) is 24.3 Å². The molecule has 1 aliphatic heterocycles. The summed E-state index contributed by atoms with van der Waals surface area (Å²) in [5, 5.41) is 11.2. The number of furan rings is 1. The van der Waals surface area contributed by atoms with Crippen LogP contribution in [0.15, 0.2) is 57.7 Å². The standard InChI is InChI=1S/C31H35FN4O6/c1-34(2)10-13-40-25-17-33-26(41-14-11-35(3)4)15-19(25)18-36-23-16-22(32)20-9-12-42-30(20)28(23)27(29(36)31(38)39)21-7-5-6-8-24(21)37/h5-7,9,12,15-16,25H,8,10-11,13-14,17-18H2,1-4H3,(H,38,39). The average molecular weight is 579 g/mol. The third-order valence-corrected chi connectivity index (χ3v) is 7.31. The molecule has 0 bridgehead atoms. The number of hydrogen-bond acceptors (Lipinski definition) is 8. The van der Waals surface area contributed by atoms with Gasteiger partial charge in [-0.2, -0.15) is 0 Å². The number of rotatable bonds is 11. The number of aliphatic imine (C=N–C) groups is 1. The molecule has 2 aromatic heterocycles. The molecule has 1 aromatic carbocycles. The number of carbonyl (C=O) groups excluding carboxylic acids is 1. The number of carboxylic acid groups (broad SMARTS) is 1. The second-order valence-corrected chi connectivity index (χ2v) is 10.9. The van der Waals surface area contributed by atoms with Crippen molar-refractivity contribution >= 4 is 45.1 Å². The van der Waals surface area contributed by atoms with E-state index in [0.29, 0.717) is 43.1 Å². The van der Waals surface area contributed by atoms with Gasteiger partial charge in [0.2, 0.25) is 5.90 Å². The Morgan fingerprint density at radius 1 is 1.21 bits per heavy atom. The highest BCUT2D eigenvalue weighted by molar-refractivity contribution is 6.29. The molecule has 1 unspecified atom stereocenters. The van der Waals surface area contributed by atoms with Crippen molar-refractivity contribution in [1.82, 2.24) is 14.4 Å². The number of aromatic carboxylic acids is 1. The van der Waals surface area contributed by atoms with Crippen LogP contribution in [-0.2, 0) is 20.8 Å². The Bertz CT molecular complexity index is 1640. The third-order valence-electron chi connectivity index (χ3n) is 7.31. The van der Waals surface area contributed by atoms with Crippen LogP contribution >= 0.6 is 0 Å². The second kappa shape index (κ2) is 12.4. The molecule has 1 aliphatic carbocycles. The van der Waals surface area contributed by atoms with E-state index in [4.69, 9.17) is 13.9 Å². The molecular formula is C31H35FN4O6. The first-order valence-electron chi connectivity index (χ1n) is 13.8. The Balaban J connectivity index is 1.66. The van der Waals surface area contributed by atoms with Crippen molar-refractivity contribution in [2.45, 2.75) is 19.1 Å². The molecule has 0 saturated heterocycles. The summed E-state index contributed by atoms with van der Waals surface area (Å²) in [6, 6.07) is 2.80. The van der Waals surface area contributed by atoms with Gasteiger partial charge in [0.05, 0.1) is 35.7 Å². The minimum Gasteiger partial charge on any atom is -0.477 e. The summed E-state index contributed by atoms with van der Waals surface area (Å²) in [6.45, 7) is 2.56. The summed E-state index contributed by atoms with van der Waals surface area (Å²) in [4.78, 5) is 34.6. The fraction of sp³-hybridized carbons (Fsp3) is 0.387. The van der Waals surface area contributed by atoms with Crippen LogP contribution in [0, 0.1) is 5.82 Å². The lowest BCUT2D eigenvalue weighted by Crippen LogP contribution is -2.31. The van der Waals surface area contributed by atoms with Crippen LogP contribution in [0.4, 0.5) is 4.39 Å². The van der Waals surface area contributed by atoms with E-state index >= 15 is 4.39 Å². The topological polar surface area (TPSA) is 110 Å². The van der Waals surface area contributed by atoms with Crippen molar-refractivity contribution < 1.29 is 33.0 Å². The maximum atomic E-state index is 15.4. The van der Waals surface area contributed by atoms with Crippen molar-refractivity contribution in [2.24, 2.45) is 4.99 Å². The highest BCUT2D eigenvalue weighted by atomic mass is 19.1. The lowest BCUT2D eigenvalue weighted by molar-refractivity contribution is -0.113. The zero-order valence-electron chi connectivity index (χ0n) is 24.2. The molecule has 222 valence electrons. The van der Waals surface area contributed by atoms with E-state index < -0.39 is 17.9 Å². The van der Waals surface area contributed by atoms with Crippen LogP contribution in [0.25, 0.3) is 27.4 Å². The molecular weight excluding hydrogens is 543 g/mol. The van der Waals surface area contributed by atoms with Gasteiger partial charge in [0.1, 0.15) is 29.8 Å². The fourth-order valence-corrected chi connectivity index (χ4v) is 5.19. The Labute approximate surface area is 243 Å². The SMILES string of the molecule is CN(C)CCOC1=NCC(OCCN(C)C)C(Cn2c(C(=O)O)c(C3=CC=CCC3=O)c3c4occc4c(F)cc32)=C1. The van der Waals surface area contributed by atoms with Gasteiger partial charge in [0.25, 0.3) is 0 Å². The second-order valence-electron chi connectivity index (χ2n) is 10.9. The summed E-state index contributed by atoms with van der Waals surface area (Å²) in [5.74, 6) is -1.61. The largest absolute Gasteiger partial charge is 0.477 e. The van der Waals surface area contributed by atoms with Crippen LogP contribution in [0.5, 0.6) is 0 Å². The number of Topliss-reactive ketones (excluding diaryl/α,β-unsaturated/α-hetero) is 1. The van der Waals surface area contributed by atoms with Gasteiger partial charge in [0, 0.05) is 43.3 Å². The van der Waals surface area contributed by atoms with E-state index in [1.807, 2.05) is 38.0 Å². The van der Waals surface area contributed by atoms with Gasteiger partial charge in [-0.15, -0.1) is 0 Å². The summed E-state index contributed by atoms with van der Waals surface area (Å²) in [5.41, 5.74) is 1.54. The number of dihydropyridines is 1. The molecule has 3 aromatic rings. The number of benzene rings is 1. The quantitative estimate of drug-likeness (QED) is 0.364. The maximum Gasteiger partial charge on any atom is 0.353 e. The highest BCUT2D eigenvalue weighted by Crippen LogP contribution is 2.40. The van der Waals surface area contributed by atoms with Crippen molar-refractivity contribution in [1.29, 1.82) is 0 Å². The number of fused-ring (bicyclic) bond motifs is 3. The lowest BCUT2D eigenvalue weighted by atomic mass is 9.93. The molecule has 0 amide bonds. The van der Waals surface area contributed by atoms with E-state index in [-0.39, 0.29) is 53.1 Å². The van der Waals surface area contributed by atoms with E-state index in [0.717, 1.165) is 5.57 Å². The van der Waals surface area contributed by atoms with Gasteiger partial charge in [-0.25, -0.2) is 14.2 Å².